The van der Waals surface area contributed by atoms with Crippen molar-refractivity contribution < 1.29 is 19.4 Å². The maximum atomic E-state index is 12.3. The highest BCUT2D eigenvalue weighted by atomic mass is 16.5. The van der Waals surface area contributed by atoms with Crippen molar-refractivity contribution in [3.05, 3.63) is 59.7 Å². The third-order valence-electron chi connectivity index (χ3n) is 4.44. The van der Waals surface area contributed by atoms with Gasteiger partial charge in [0.05, 0.1) is 25.9 Å². The van der Waals surface area contributed by atoms with Gasteiger partial charge >= 0.3 is 0 Å². The highest BCUT2D eigenvalue weighted by Crippen LogP contribution is 2.19. The van der Waals surface area contributed by atoms with Crippen LogP contribution in [0.25, 0.3) is 0 Å². The smallest absolute Gasteiger partial charge is 0.251 e. The second-order valence-electron chi connectivity index (χ2n) is 7.39. The van der Waals surface area contributed by atoms with E-state index in [1.165, 1.54) is 0 Å². The van der Waals surface area contributed by atoms with E-state index in [9.17, 15) is 9.90 Å². The molecule has 0 radical (unpaired) electrons. The van der Waals surface area contributed by atoms with Gasteiger partial charge in [-0.1, -0.05) is 18.2 Å². The van der Waals surface area contributed by atoms with Crippen LogP contribution in [0.3, 0.4) is 0 Å². The van der Waals surface area contributed by atoms with E-state index >= 15 is 0 Å². The molecule has 1 amide bonds. The number of rotatable bonds is 11. The zero-order chi connectivity index (χ0) is 23.3. The summed E-state index contributed by atoms with van der Waals surface area (Å²) in [6.45, 7) is 7.69. The van der Waals surface area contributed by atoms with Crippen LogP contribution in [0, 0.1) is 0 Å². The molecule has 0 bridgehead atoms. The minimum absolute atomic E-state index is 0.101. The zero-order valence-electron chi connectivity index (χ0n) is 19.2. The molecule has 2 aromatic carbocycles. The number of aliphatic imine (C=N–C) groups is 1. The van der Waals surface area contributed by atoms with Crippen LogP contribution in [-0.4, -0.2) is 56.4 Å². The first-order valence-corrected chi connectivity index (χ1v) is 10.8. The van der Waals surface area contributed by atoms with Gasteiger partial charge in [-0.2, -0.15) is 0 Å². The number of nitrogens with zero attached hydrogens (tertiary/aromatic N) is 1. The van der Waals surface area contributed by atoms with Gasteiger partial charge in [0.2, 0.25) is 0 Å². The number of hydrogen-bond donors (Lipinski definition) is 4. The Kier molecular flexibility index (Phi) is 10.3. The second-order valence-corrected chi connectivity index (χ2v) is 7.39. The molecule has 0 aromatic heterocycles. The Labute approximate surface area is 190 Å². The number of carbonyl (C=O) groups is 1. The van der Waals surface area contributed by atoms with Gasteiger partial charge in [-0.3, -0.25) is 9.79 Å². The molecule has 2 rings (SSSR count). The Hall–Kier alpha value is -3.26. The summed E-state index contributed by atoms with van der Waals surface area (Å²) < 4.78 is 10.8. The summed E-state index contributed by atoms with van der Waals surface area (Å²) in [6.07, 6.45) is -0.629. The molecule has 0 aliphatic carbocycles. The molecule has 8 nitrogen and oxygen atoms in total. The quantitative estimate of drug-likeness (QED) is 0.242. The lowest BCUT2D eigenvalue weighted by atomic mass is 10.1. The minimum atomic E-state index is -0.730. The highest BCUT2D eigenvalue weighted by molar-refractivity contribution is 5.94. The summed E-state index contributed by atoms with van der Waals surface area (Å²) in [5, 5.41) is 19.6. The summed E-state index contributed by atoms with van der Waals surface area (Å²) in [5.41, 5.74) is 1.31. The van der Waals surface area contributed by atoms with E-state index in [2.05, 4.69) is 20.9 Å². The van der Waals surface area contributed by atoms with Gasteiger partial charge in [-0.25, -0.2) is 0 Å². The number of aliphatic hydroxyl groups is 1. The van der Waals surface area contributed by atoms with Crippen LogP contribution >= 0.6 is 0 Å². The van der Waals surface area contributed by atoms with E-state index in [1.54, 1.807) is 31.4 Å². The molecule has 32 heavy (non-hydrogen) atoms. The first-order chi connectivity index (χ1) is 15.4. The fraction of sp³-hybridized carbons (Fsp3) is 0.417. The van der Waals surface area contributed by atoms with Gasteiger partial charge < -0.3 is 30.5 Å². The maximum Gasteiger partial charge on any atom is 0.251 e. The predicted molar refractivity (Wildman–Crippen MR) is 126 cm³/mol. The van der Waals surface area contributed by atoms with Gasteiger partial charge in [0.25, 0.3) is 5.91 Å². The number of ether oxygens (including phenoxy) is 2. The molecule has 174 valence electrons. The molecule has 0 spiro atoms. The lowest BCUT2D eigenvalue weighted by Crippen LogP contribution is -2.41. The number of hydrogen-bond acceptors (Lipinski definition) is 5. The Bertz CT molecular complexity index is 869. The van der Waals surface area contributed by atoms with Crippen LogP contribution in [0.15, 0.2) is 53.5 Å². The number of amides is 1. The van der Waals surface area contributed by atoms with Crippen LogP contribution in [-0.2, 0) is 0 Å². The van der Waals surface area contributed by atoms with Gasteiger partial charge in [0.15, 0.2) is 5.96 Å². The van der Waals surface area contributed by atoms with Crippen molar-refractivity contribution in [3.63, 3.8) is 0 Å². The van der Waals surface area contributed by atoms with E-state index in [0.29, 0.717) is 36.9 Å². The molecular formula is C24H34N4O4. The summed E-state index contributed by atoms with van der Waals surface area (Å²) >= 11 is 0. The van der Waals surface area contributed by atoms with E-state index in [1.807, 2.05) is 45.0 Å². The zero-order valence-corrected chi connectivity index (χ0v) is 19.2. The molecule has 0 fully saturated rings. The van der Waals surface area contributed by atoms with Gasteiger partial charge in [-0.15, -0.1) is 0 Å². The van der Waals surface area contributed by atoms with Crippen LogP contribution in [0.5, 0.6) is 11.5 Å². The van der Waals surface area contributed by atoms with E-state index in [-0.39, 0.29) is 18.6 Å². The molecule has 0 aliphatic heterocycles. The van der Waals surface area contributed by atoms with Crippen LogP contribution in [0.4, 0.5) is 0 Å². The average Bonchev–Trinajstić information content (AvgIpc) is 2.79. The Balaban J connectivity index is 1.82. The van der Waals surface area contributed by atoms with Crippen molar-refractivity contribution in [2.45, 2.75) is 33.0 Å². The topological polar surface area (TPSA) is 104 Å². The van der Waals surface area contributed by atoms with Crippen molar-refractivity contribution in [2.75, 3.05) is 33.3 Å². The largest absolute Gasteiger partial charge is 0.497 e. The summed E-state index contributed by atoms with van der Waals surface area (Å²) in [7, 11) is 1.57. The lowest BCUT2D eigenvalue weighted by Gasteiger charge is -2.14. The number of aliphatic hydroxyl groups excluding tert-OH is 1. The SMILES string of the molecule is CCNC(=NCC(O)c1ccc(OC(C)C)cc1)NCCNC(=O)c1cccc(OC)c1. The van der Waals surface area contributed by atoms with Gasteiger partial charge in [0.1, 0.15) is 11.5 Å². The Morgan fingerprint density at radius 2 is 1.75 bits per heavy atom. The fourth-order valence-corrected chi connectivity index (χ4v) is 2.89. The monoisotopic (exact) mass is 442 g/mol. The van der Waals surface area contributed by atoms with Gasteiger partial charge in [-0.05, 0) is 56.7 Å². The van der Waals surface area contributed by atoms with Crippen LogP contribution < -0.4 is 25.4 Å². The molecule has 0 saturated carbocycles. The summed E-state index contributed by atoms with van der Waals surface area (Å²) in [4.78, 5) is 16.7. The molecule has 8 heteroatoms. The first-order valence-electron chi connectivity index (χ1n) is 10.8. The fourth-order valence-electron chi connectivity index (χ4n) is 2.89. The normalized spacial score (nSPS) is 12.2. The summed E-state index contributed by atoms with van der Waals surface area (Å²) in [6, 6.07) is 14.4. The molecule has 1 atom stereocenters. The lowest BCUT2D eigenvalue weighted by molar-refractivity contribution is 0.0954. The molecule has 0 aliphatic rings. The highest BCUT2D eigenvalue weighted by Gasteiger charge is 2.09. The van der Waals surface area contributed by atoms with E-state index < -0.39 is 6.10 Å². The number of benzene rings is 2. The number of carbonyl (C=O) groups excluding carboxylic acids is 1. The van der Waals surface area contributed by atoms with Crippen molar-refractivity contribution >= 4 is 11.9 Å². The Morgan fingerprint density at radius 1 is 1.03 bits per heavy atom. The van der Waals surface area contributed by atoms with E-state index in [4.69, 9.17) is 9.47 Å². The van der Waals surface area contributed by atoms with Crippen molar-refractivity contribution in [1.82, 2.24) is 16.0 Å². The third-order valence-corrected chi connectivity index (χ3v) is 4.44. The van der Waals surface area contributed by atoms with Crippen LogP contribution in [0.2, 0.25) is 0 Å². The molecule has 0 heterocycles. The van der Waals surface area contributed by atoms with Crippen molar-refractivity contribution in [3.8, 4) is 11.5 Å². The molecule has 0 saturated heterocycles. The summed E-state index contributed by atoms with van der Waals surface area (Å²) in [5.74, 6) is 1.80. The third kappa shape index (κ3) is 8.47. The van der Waals surface area contributed by atoms with Gasteiger partial charge in [0, 0.05) is 25.2 Å². The van der Waals surface area contributed by atoms with Crippen LogP contribution in [0.1, 0.15) is 42.8 Å². The average molecular weight is 443 g/mol. The number of methoxy groups -OCH3 is 1. The molecule has 1 unspecified atom stereocenters. The number of guanidine groups is 1. The van der Waals surface area contributed by atoms with Crippen molar-refractivity contribution in [1.29, 1.82) is 0 Å². The first kappa shape index (κ1) is 25.0. The Morgan fingerprint density at radius 3 is 2.41 bits per heavy atom. The second kappa shape index (κ2) is 13.2. The van der Waals surface area contributed by atoms with E-state index in [0.717, 1.165) is 11.3 Å². The number of nitrogens with one attached hydrogen (secondary N) is 3. The standard InChI is InChI=1S/C24H34N4O4/c1-5-25-24(27-14-13-26-23(30)19-7-6-8-21(15-19)31-4)28-16-22(29)18-9-11-20(12-10-18)32-17(2)3/h6-12,15,17,22,29H,5,13-14,16H2,1-4H3,(H,26,30)(H2,25,27,28). The minimum Gasteiger partial charge on any atom is -0.497 e. The maximum absolute atomic E-state index is 12.3. The molecule has 2 aromatic rings. The van der Waals surface area contributed by atoms with Crippen molar-refractivity contribution in [2.24, 2.45) is 4.99 Å². The predicted octanol–water partition coefficient (Wildman–Crippen LogP) is 2.50. The molecule has 4 N–H and O–H groups in total. The molecular weight excluding hydrogens is 408 g/mol.